The molecule has 2 aromatic carbocycles. The molecule has 5 heteroatoms. The van der Waals surface area contributed by atoms with Gasteiger partial charge in [0, 0.05) is 23.1 Å². The quantitative estimate of drug-likeness (QED) is 0.764. The highest BCUT2D eigenvalue weighted by Crippen LogP contribution is 2.36. The summed E-state index contributed by atoms with van der Waals surface area (Å²) >= 11 is 0. The Morgan fingerprint density at radius 1 is 1.09 bits per heavy atom. The molecule has 122 valence electrons. The number of furan rings is 1. The standard InChI is InChI=1S/C18H19NO3.ClH/c1-19(2)10-13-15(20)8-9-16-17(13)14(11-22-16)18(21)12-6-4-3-5-7-12;/h3-9,11,18,20-21H,10H2,1-2H3;1H. The van der Waals surface area contributed by atoms with E-state index in [1.165, 1.54) is 0 Å². The van der Waals surface area contributed by atoms with Gasteiger partial charge >= 0.3 is 0 Å². The number of phenols is 1. The second-order valence-electron chi connectivity index (χ2n) is 5.68. The number of hydrogen-bond acceptors (Lipinski definition) is 4. The largest absolute Gasteiger partial charge is 0.508 e. The van der Waals surface area contributed by atoms with Gasteiger partial charge in [-0.2, -0.15) is 0 Å². The third-order valence-electron chi connectivity index (χ3n) is 3.74. The first-order chi connectivity index (χ1) is 10.6. The molecular formula is C18H20ClNO3. The van der Waals surface area contributed by atoms with Crippen LogP contribution in [0, 0.1) is 0 Å². The van der Waals surface area contributed by atoms with Crippen LogP contribution in [0.5, 0.6) is 5.75 Å². The number of hydrogen-bond donors (Lipinski definition) is 2. The summed E-state index contributed by atoms with van der Waals surface area (Å²) in [5, 5.41) is 21.7. The number of fused-ring (bicyclic) bond motifs is 1. The minimum Gasteiger partial charge on any atom is -0.508 e. The Morgan fingerprint density at radius 2 is 1.78 bits per heavy atom. The zero-order valence-corrected chi connectivity index (χ0v) is 13.9. The normalized spacial score (nSPS) is 12.3. The summed E-state index contributed by atoms with van der Waals surface area (Å²) < 4.78 is 5.58. The molecule has 0 saturated heterocycles. The van der Waals surface area contributed by atoms with E-state index in [0.717, 1.165) is 16.5 Å². The van der Waals surface area contributed by atoms with Gasteiger partial charge in [0.2, 0.25) is 0 Å². The molecule has 2 N–H and O–H groups in total. The molecular weight excluding hydrogens is 314 g/mol. The smallest absolute Gasteiger partial charge is 0.134 e. The van der Waals surface area contributed by atoms with E-state index in [-0.39, 0.29) is 18.2 Å². The summed E-state index contributed by atoms with van der Waals surface area (Å²) in [5.74, 6) is 0.212. The average molecular weight is 334 g/mol. The second kappa shape index (κ2) is 7.04. The van der Waals surface area contributed by atoms with Gasteiger partial charge in [0.25, 0.3) is 0 Å². The Kier molecular flexibility index (Phi) is 5.31. The Morgan fingerprint density at radius 3 is 2.43 bits per heavy atom. The molecule has 1 atom stereocenters. The monoisotopic (exact) mass is 333 g/mol. The van der Waals surface area contributed by atoms with Crippen LogP contribution in [-0.2, 0) is 6.54 Å². The Bertz CT molecular complexity index is 784. The van der Waals surface area contributed by atoms with Crippen molar-refractivity contribution in [2.75, 3.05) is 14.1 Å². The molecule has 0 spiro atoms. The number of nitrogens with zero attached hydrogens (tertiary/aromatic N) is 1. The lowest BCUT2D eigenvalue weighted by Gasteiger charge is -2.15. The molecule has 3 aromatic rings. The van der Waals surface area contributed by atoms with Crippen LogP contribution in [0.3, 0.4) is 0 Å². The van der Waals surface area contributed by atoms with Crippen LogP contribution < -0.4 is 0 Å². The number of benzene rings is 2. The summed E-state index contributed by atoms with van der Waals surface area (Å²) in [7, 11) is 3.87. The maximum absolute atomic E-state index is 10.7. The predicted molar refractivity (Wildman–Crippen MR) is 93.0 cm³/mol. The van der Waals surface area contributed by atoms with Gasteiger partial charge in [0.15, 0.2) is 0 Å². The Labute approximate surface area is 141 Å². The Hall–Kier alpha value is -2.01. The zero-order valence-electron chi connectivity index (χ0n) is 13.1. The molecule has 0 radical (unpaired) electrons. The number of phenolic OH excluding ortho intramolecular Hbond substituents is 1. The summed E-state index contributed by atoms with van der Waals surface area (Å²) in [6.07, 6.45) is 0.783. The maximum Gasteiger partial charge on any atom is 0.134 e. The van der Waals surface area contributed by atoms with Gasteiger partial charge in [0.1, 0.15) is 17.4 Å². The molecule has 0 aliphatic carbocycles. The van der Waals surface area contributed by atoms with E-state index in [9.17, 15) is 10.2 Å². The van der Waals surface area contributed by atoms with E-state index in [1.807, 2.05) is 49.3 Å². The summed E-state index contributed by atoms with van der Waals surface area (Å²) in [5.41, 5.74) is 2.90. The fourth-order valence-corrected chi connectivity index (χ4v) is 2.71. The zero-order chi connectivity index (χ0) is 15.7. The number of rotatable bonds is 4. The number of aliphatic hydroxyl groups is 1. The fourth-order valence-electron chi connectivity index (χ4n) is 2.71. The van der Waals surface area contributed by atoms with Crippen molar-refractivity contribution in [1.82, 2.24) is 4.90 Å². The van der Waals surface area contributed by atoms with Gasteiger partial charge in [-0.15, -0.1) is 12.4 Å². The van der Waals surface area contributed by atoms with Crippen molar-refractivity contribution in [1.29, 1.82) is 0 Å². The van der Waals surface area contributed by atoms with Gasteiger partial charge in [-0.3, -0.25) is 0 Å². The minimum atomic E-state index is -0.787. The Balaban J connectivity index is 0.00000192. The highest BCUT2D eigenvalue weighted by Gasteiger charge is 2.21. The summed E-state index contributed by atoms with van der Waals surface area (Å²) in [6, 6.07) is 12.8. The molecule has 0 saturated carbocycles. The number of aliphatic hydroxyl groups excluding tert-OH is 1. The van der Waals surface area contributed by atoms with Crippen molar-refractivity contribution in [3.63, 3.8) is 0 Å². The molecule has 0 bridgehead atoms. The molecule has 0 aliphatic rings. The van der Waals surface area contributed by atoms with Crippen LogP contribution in [0.2, 0.25) is 0 Å². The lowest BCUT2D eigenvalue weighted by Crippen LogP contribution is -2.11. The molecule has 3 rings (SSSR count). The first-order valence-corrected chi connectivity index (χ1v) is 7.17. The van der Waals surface area contributed by atoms with Gasteiger partial charge in [-0.1, -0.05) is 30.3 Å². The average Bonchev–Trinajstić information content (AvgIpc) is 2.94. The number of aromatic hydroxyl groups is 1. The number of halogens is 1. The summed E-state index contributed by atoms with van der Waals surface area (Å²) in [6.45, 7) is 0.567. The van der Waals surface area contributed by atoms with E-state index in [2.05, 4.69) is 0 Å². The molecule has 23 heavy (non-hydrogen) atoms. The second-order valence-corrected chi connectivity index (χ2v) is 5.68. The van der Waals surface area contributed by atoms with Crippen molar-refractivity contribution in [3.8, 4) is 5.75 Å². The van der Waals surface area contributed by atoms with E-state index in [1.54, 1.807) is 18.4 Å². The first-order valence-electron chi connectivity index (χ1n) is 7.17. The molecule has 4 nitrogen and oxygen atoms in total. The van der Waals surface area contributed by atoms with Gasteiger partial charge < -0.3 is 19.5 Å². The molecule has 1 heterocycles. The first kappa shape index (κ1) is 17.3. The molecule has 1 unspecified atom stereocenters. The highest BCUT2D eigenvalue weighted by atomic mass is 35.5. The summed E-state index contributed by atoms with van der Waals surface area (Å²) in [4.78, 5) is 1.97. The maximum atomic E-state index is 10.7. The van der Waals surface area contributed by atoms with E-state index in [0.29, 0.717) is 17.7 Å². The molecule has 0 aliphatic heterocycles. The third kappa shape index (κ3) is 3.34. The third-order valence-corrected chi connectivity index (χ3v) is 3.74. The van der Waals surface area contributed by atoms with Crippen molar-refractivity contribution in [2.24, 2.45) is 0 Å². The highest BCUT2D eigenvalue weighted by molar-refractivity contribution is 5.87. The van der Waals surface area contributed by atoms with Crippen LogP contribution >= 0.6 is 12.4 Å². The van der Waals surface area contributed by atoms with Gasteiger partial charge in [0.05, 0.1) is 6.26 Å². The molecule has 0 amide bonds. The fraction of sp³-hybridized carbons (Fsp3) is 0.222. The lowest BCUT2D eigenvalue weighted by molar-refractivity contribution is 0.220. The minimum absolute atomic E-state index is 0. The topological polar surface area (TPSA) is 56.8 Å². The van der Waals surface area contributed by atoms with Crippen LogP contribution in [-0.4, -0.2) is 29.2 Å². The lowest BCUT2D eigenvalue weighted by atomic mass is 9.97. The molecule has 1 aromatic heterocycles. The van der Waals surface area contributed by atoms with E-state index >= 15 is 0 Å². The predicted octanol–water partition coefficient (Wildman–Crippen LogP) is 3.70. The van der Waals surface area contributed by atoms with Crippen molar-refractivity contribution >= 4 is 23.4 Å². The molecule has 0 fully saturated rings. The van der Waals surface area contributed by atoms with Crippen LogP contribution in [0.15, 0.2) is 53.1 Å². The van der Waals surface area contributed by atoms with E-state index in [4.69, 9.17) is 4.42 Å². The SMILES string of the molecule is CN(C)Cc1c(O)ccc2occ(C(O)c3ccccc3)c12.Cl. The van der Waals surface area contributed by atoms with Crippen LogP contribution in [0.25, 0.3) is 11.0 Å². The van der Waals surface area contributed by atoms with Crippen molar-refractivity contribution < 1.29 is 14.6 Å². The van der Waals surface area contributed by atoms with Gasteiger partial charge in [-0.25, -0.2) is 0 Å². The van der Waals surface area contributed by atoms with Crippen molar-refractivity contribution in [3.05, 3.63) is 65.4 Å². The van der Waals surface area contributed by atoms with Gasteiger partial charge in [-0.05, 0) is 31.8 Å². The van der Waals surface area contributed by atoms with Crippen LogP contribution in [0.4, 0.5) is 0 Å². The van der Waals surface area contributed by atoms with Crippen LogP contribution in [0.1, 0.15) is 22.8 Å². The van der Waals surface area contributed by atoms with Crippen molar-refractivity contribution in [2.45, 2.75) is 12.6 Å². The van der Waals surface area contributed by atoms with E-state index < -0.39 is 6.10 Å².